The molecule has 0 atom stereocenters. The van der Waals surface area contributed by atoms with Crippen molar-refractivity contribution in [2.45, 2.75) is 135 Å². The first-order valence-corrected chi connectivity index (χ1v) is 14.5. The monoisotopic (exact) mass is 488 g/mol. The molecule has 5 heteroatoms. The highest BCUT2D eigenvalue weighted by Crippen LogP contribution is 2.14. The number of phenolic OH excluding ortho intramolecular Hbond substituents is 1. The molecule has 0 bridgehead atoms. The number of aromatic hydroxyl groups is 1. The van der Waals surface area contributed by atoms with E-state index in [2.05, 4.69) is 17.6 Å². The molecule has 0 aliphatic carbocycles. The lowest BCUT2D eigenvalue weighted by Gasteiger charge is -2.07. The van der Waals surface area contributed by atoms with Crippen molar-refractivity contribution < 1.29 is 14.7 Å². The predicted molar refractivity (Wildman–Crippen MR) is 146 cm³/mol. The average molecular weight is 489 g/mol. The van der Waals surface area contributed by atoms with Crippen LogP contribution in [0.2, 0.25) is 0 Å². The van der Waals surface area contributed by atoms with Gasteiger partial charge in [-0.3, -0.25) is 9.59 Å². The minimum atomic E-state index is -0.615. The fourth-order valence-corrected chi connectivity index (χ4v) is 4.36. The molecule has 0 fully saturated rings. The lowest BCUT2D eigenvalue weighted by atomic mass is 10.0. The van der Waals surface area contributed by atoms with E-state index in [1.807, 2.05) is 0 Å². The van der Waals surface area contributed by atoms with E-state index in [0.29, 0.717) is 6.54 Å². The van der Waals surface area contributed by atoms with Crippen LogP contribution in [0.4, 0.5) is 0 Å². The standard InChI is InChI=1S/C30H52N2O3/c1-2-3-4-5-6-7-8-9-10-11-12-13-14-15-16-17-18-19-20-25-31-29(34)30(35)32-26-27-21-23-28(33)24-22-27/h21-24,33H,2-20,25-26H2,1H3,(H,31,34)(H,32,35). The number of unbranched alkanes of at least 4 members (excludes halogenated alkanes) is 18. The van der Waals surface area contributed by atoms with E-state index in [-0.39, 0.29) is 12.3 Å². The van der Waals surface area contributed by atoms with Crippen LogP contribution < -0.4 is 10.6 Å². The summed E-state index contributed by atoms with van der Waals surface area (Å²) in [5.74, 6) is -1.01. The molecule has 1 aromatic carbocycles. The minimum absolute atomic E-state index is 0.178. The van der Waals surface area contributed by atoms with Crippen LogP contribution in [-0.2, 0) is 16.1 Å². The van der Waals surface area contributed by atoms with Crippen LogP contribution in [0.25, 0.3) is 0 Å². The van der Waals surface area contributed by atoms with Crippen LogP contribution in [-0.4, -0.2) is 23.5 Å². The zero-order valence-electron chi connectivity index (χ0n) is 22.4. The third kappa shape index (κ3) is 18.9. The average Bonchev–Trinajstić information content (AvgIpc) is 2.86. The Hall–Kier alpha value is -2.04. The maximum atomic E-state index is 11.8. The summed E-state index contributed by atoms with van der Waals surface area (Å²) in [5.41, 5.74) is 0.836. The van der Waals surface area contributed by atoms with E-state index in [1.54, 1.807) is 24.3 Å². The molecule has 2 amide bonds. The second-order valence-corrected chi connectivity index (χ2v) is 9.97. The number of nitrogens with one attached hydrogen (secondary N) is 2. The highest BCUT2D eigenvalue weighted by molar-refractivity contribution is 6.35. The molecular formula is C30H52N2O3. The minimum Gasteiger partial charge on any atom is -0.508 e. The van der Waals surface area contributed by atoms with Crippen LogP contribution in [0, 0.1) is 0 Å². The van der Waals surface area contributed by atoms with E-state index < -0.39 is 11.8 Å². The maximum absolute atomic E-state index is 11.8. The Morgan fingerprint density at radius 1 is 0.571 bits per heavy atom. The van der Waals surface area contributed by atoms with Gasteiger partial charge in [-0.15, -0.1) is 0 Å². The molecule has 0 unspecified atom stereocenters. The summed E-state index contributed by atoms with van der Waals surface area (Å²) in [6, 6.07) is 6.54. The molecule has 3 N–H and O–H groups in total. The molecule has 1 rings (SSSR count). The van der Waals surface area contributed by atoms with Crippen molar-refractivity contribution in [1.82, 2.24) is 10.6 Å². The number of carbonyl (C=O) groups excluding carboxylic acids is 2. The van der Waals surface area contributed by atoms with Gasteiger partial charge in [-0.1, -0.05) is 135 Å². The van der Waals surface area contributed by atoms with Crippen LogP contribution in [0.5, 0.6) is 5.75 Å². The molecule has 0 saturated heterocycles. The zero-order valence-corrected chi connectivity index (χ0v) is 22.4. The molecule has 200 valence electrons. The van der Waals surface area contributed by atoms with E-state index in [4.69, 9.17) is 0 Å². The normalized spacial score (nSPS) is 10.9. The zero-order chi connectivity index (χ0) is 25.4. The number of hydrogen-bond acceptors (Lipinski definition) is 3. The molecule has 0 heterocycles. The van der Waals surface area contributed by atoms with E-state index in [0.717, 1.165) is 18.4 Å². The van der Waals surface area contributed by atoms with Gasteiger partial charge in [0.2, 0.25) is 0 Å². The van der Waals surface area contributed by atoms with Gasteiger partial charge in [0.1, 0.15) is 5.75 Å². The summed E-state index contributed by atoms with van der Waals surface area (Å²) in [6.07, 6.45) is 25.5. The number of amides is 2. The number of rotatable bonds is 22. The summed E-state index contributed by atoms with van der Waals surface area (Å²) >= 11 is 0. The lowest BCUT2D eigenvalue weighted by molar-refractivity contribution is -0.139. The van der Waals surface area contributed by atoms with Gasteiger partial charge in [0, 0.05) is 13.1 Å². The van der Waals surface area contributed by atoms with Gasteiger partial charge < -0.3 is 15.7 Å². The van der Waals surface area contributed by atoms with Crippen molar-refractivity contribution in [3.8, 4) is 5.75 Å². The van der Waals surface area contributed by atoms with Gasteiger partial charge in [0.25, 0.3) is 0 Å². The Morgan fingerprint density at radius 2 is 0.943 bits per heavy atom. The Kier molecular flexibility index (Phi) is 19.9. The summed E-state index contributed by atoms with van der Waals surface area (Å²) in [7, 11) is 0. The Bertz CT molecular complexity index is 646. The first-order valence-electron chi connectivity index (χ1n) is 14.5. The van der Waals surface area contributed by atoms with Gasteiger partial charge >= 0.3 is 11.8 Å². The third-order valence-electron chi connectivity index (χ3n) is 6.66. The molecule has 0 aliphatic rings. The quantitative estimate of drug-likeness (QED) is 0.116. The lowest BCUT2D eigenvalue weighted by Crippen LogP contribution is -2.39. The third-order valence-corrected chi connectivity index (χ3v) is 6.66. The van der Waals surface area contributed by atoms with Crippen LogP contribution in [0.1, 0.15) is 134 Å². The summed E-state index contributed by atoms with van der Waals surface area (Å²) < 4.78 is 0. The number of hydrogen-bond donors (Lipinski definition) is 3. The van der Waals surface area contributed by atoms with Crippen molar-refractivity contribution >= 4 is 11.8 Å². The van der Waals surface area contributed by atoms with Crippen molar-refractivity contribution in [3.63, 3.8) is 0 Å². The van der Waals surface area contributed by atoms with Gasteiger partial charge in [0.05, 0.1) is 0 Å². The smallest absolute Gasteiger partial charge is 0.309 e. The van der Waals surface area contributed by atoms with Crippen molar-refractivity contribution in [1.29, 1.82) is 0 Å². The number of carbonyl (C=O) groups is 2. The molecule has 0 radical (unpaired) electrons. The maximum Gasteiger partial charge on any atom is 0.309 e. The summed E-state index contributed by atoms with van der Waals surface area (Å²) in [5, 5.41) is 14.6. The largest absolute Gasteiger partial charge is 0.508 e. The van der Waals surface area contributed by atoms with Crippen LogP contribution in [0.3, 0.4) is 0 Å². The topological polar surface area (TPSA) is 78.4 Å². The van der Waals surface area contributed by atoms with Crippen molar-refractivity contribution in [3.05, 3.63) is 29.8 Å². The number of phenols is 1. The van der Waals surface area contributed by atoms with Gasteiger partial charge in [0.15, 0.2) is 0 Å². The summed E-state index contributed by atoms with van der Waals surface area (Å²) in [6.45, 7) is 3.09. The fourth-order valence-electron chi connectivity index (χ4n) is 4.36. The van der Waals surface area contributed by atoms with Gasteiger partial charge in [-0.25, -0.2) is 0 Å². The fraction of sp³-hybridized carbons (Fsp3) is 0.733. The second-order valence-electron chi connectivity index (χ2n) is 9.97. The highest BCUT2D eigenvalue weighted by Gasteiger charge is 2.11. The van der Waals surface area contributed by atoms with E-state index >= 15 is 0 Å². The molecule has 0 spiro atoms. The SMILES string of the molecule is CCCCCCCCCCCCCCCCCCCCCNC(=O)C(=O)NCc1ccc(O)cc1. The molecule has 35 heavy (non-hydrogen) atoms. The van der Waals surface area contributed by atoms with Crippen molar-refractivity contribution in [2.75, 3.05) is 6.54 Å². The molecule has 0 aromatic heterocycles. The first-order chi connectivity index (χ1) is 17.1. The molecular weight excluding hydrogens is 436 g/mol. The van der Waals surface area contributed by atoms with Gasteiger partial charge in [-0.2, -0.15) is 0 Å². The molecule has 1 aromatic rings. The highest BCUT2D eigenvalue weighted by atomic mass is 16.3. The van der Waals surface area contributed by atoms with Gasteiger partial charge in [-0.05, 0) is 24.1 Å². The van der Waals surface area contributed by atoms with E-state index in [1.165, 1.54) is 109 Å². The first kappa shape index (κ1) is 31.0. The van der Waals surface area contributed by atoms with Crippen LogP contribution >= 0.6 is 0 Å². The van der Waals surface area contributed by atoms with Crippen molar-refractivity contribution in [2.24, 2.45) is 0 Å². The van der Waals surface area contributed by atoms with Crippen LogP contribution in [0.15, 0.2) is 24.3 Å². The second kappa shape index (κ2) is 22.4. The van der Waals surface area contributed by atoms with E-state index in [9.17, 15) is 14.7 Å². The predicted octanol–water partition coefficient (Wildman–Crippen LogP) is 7.56. The molecule has 5 nitrogen and oxygen atoms in total. The number of benzene rings is 1. The Balaban J connectivity index is 1.79. The summed E-state index contributed by atoms with van der Waals surface area (Å²) in [4.78, 5) is 23.7. The molecule has 0 saturated carbocycles. The Morgan fingerprint density at radius 3 is 1.37 bits per heavy atom. The molecule has 0 aliphatic heterocycles. The Labute approximate surface area is 214 Å².